The lowest BCUT2D eigenvalue weighted by atomic mass is 10.1. The molecule has 1 aliphatic carbocycles. The Morgan fingerprint density at radius 3 is 2.77 bits per heavy atom. The van der Waals surface area contributed by atoms with Crippen molar-refractivity contribution in [2.45, 2.75) is 38.0 Å². The third-order valence-corrected chi connectivity index (χ3v) is 8.02. The fraction of sp³-hybridized carbons (Fsp3) is 0.455. The first-order chi connectivity index (χ1) is 14.5. The third kappa shape index (κ3) is 4.75. The van der Waals surface area contributed by atoms with Crippen LogP contribution in [0.25, 0.3) is 10.9 Å². The van der Waals surface area contributed by atoms with Gasteiger partial charge in [0.1, 0.15) is 0 Å². The molecule has 3 atom stereocenters. The summed E-state index contributed by atoms with van der Waals surface area (Å²) in [6.07, 6.45) is 3.55. The maximum absolute atomic E-state index is 12.1. The number of aryl methyl sites for hydroxylation is 1. The molecule has 9 heteroatoms. The van der Waals surface area contributed by atoms with Crippen molar-refractivity contribution in [3.8, 4) is 23.7 Å². The number of aromatic nitrogens is 2. The molecule has 31 heavy (non-hydrogen) atoms. The number of hydrogen-bond acceptors (Lipinski definition) is 6. The number of nitrogens with zero attached hydrogens (tertiary/aromatic N) is 2. The standard InChI is InChI=1S/C22H25N3O5S/c1-21(15-26)13-18(21)7-5-4-6-16-8-9-19-17(12-16)14-25(23-19)11-10-22(2,20(27)24-28)31(3,29)30/h8-9,12,14,18,26,28H,10-11,13,15H2,1-3H3,(H,24,27)/t18?,21-,22-/m1/s1. The van der Waals surface area contributed by atoms with E-state index in [0.717, 1.165) is 23.6 Å². The zero-order valence-corrected chi connectivity index (χ0v) is 18.5. The number of fused-ring (bicyclic) bond motifs is 1. The summed E-state index contributed by atoms with van der Waals surface area (Å²) in [5.74, 6) is 11.0. The van der Waals surface area contributed by atoms with Crippen LogP contribution in [-0.2, 0) is 21.2 Å². The van der Waals surface area contributed by atoms with E-state index >= 15 is 0 Å². The average Bonchev–Trinajstić information content (AvgIpc) is 3.20. The number of benzene rings is 1. The van der Waals surface area contributed by atoms with Crippen molar-refractivity contribution >= 4 is 26.6 Å². The number of aliphatic hydroxyl groups excluding tert-OH is 1. The lowest BCUT2D eigenvalue weighted by Crippen LogP contribution is -2.49. The number of carbonyl (C=O) groups excluding carboxylic acids is 1. The second kappa shape index (κ2) is 8.35. The number of amides is 1. The van der Waals surface area contributed by atoms with Gasteiger partial charge in [0.05, 0.1) is 5.52 Å². The molecule has 1 aliphatic rings. The molecule has 0 spiro atoms. The summed E-state index contributed by atoms with van der Waals surface area (Å²) in [6, 6.07) is 5.49. The minimum atomic E-state index is -3.76. The van der Waals surface area contributed by atoms with Gasteiger partial charge in [0.15, 0.2) is 14.6 Å². The van der Waals surface area contributed by atoms with Crippen LogP contribution in [0.2, 0.25) is 0 Å². The van der Waals surface area contributed by atoms with Crippen LogP contribution in [0.3, 0.4) is 0 Å². The molecule has 1 fully saturated rings. The Kier molecular flexibility index (Phi) is 6.15. The van der Waals surface area contributed by atoms with Gasteiger partial charge in [-0.2, -0.15) is 5.10 Å². The lowest BCUT2D eigenvalue weighted by molar-refractivity contribution is -0.131. The highest BCUT2D eigenvalue weighted by Gasteiger charge is 2.48. The van der Waals surface area contributed by atoms with Gasteiger partial charge in [-0.15, -0.1) is 0 Å². The number of rotatable bonds is 6. The minimum Gasteiger partial charge on any atom is -0.396 e. The maximum Gasteiger partial charge on any atom is 0.264 e. The molecule has 1 unspecified atom stereocenters. The molecule has 3 rings (SSSR count). The zero-order chi connectivity index (χ0) is 22.9. The van der Waals surface area contributed by atoms with E-state index in [9.17, 15) is 18.3 Å². The van der Waals surface area contributed by atoms with Gasteiger partial charge >= 0.3 is 0 Å². The summed E-state index contributed by atoms with van der Waals surface area (Å²) in [5.41, 5.74) is 2.82. The molecular formula is C22H25N3O5S. The SMILES string of the molecule is C[C@]1(CO)CC1C#CC#Cc1ccc2nn(CC[C@](C)(C(=O)NO)S(C)(=O)=O)cc2c1. The molecule has 2 aromatic rings. The fourth-order valence-corrected chi connectivity index (χ4v) is 4.06. The molecule has 1 amide bonds. The molecule has 164 valence electrons. The zero-order valence-electron chi connectivity index (χ0n) is 17.6. The molecule has 0 saturated heterocycles. The number of carbonyl (C=O) groups is 1. The van der Waals surface area contributed by atoms with Crippen molar-refractivity contribution in [2.75, 3.05) is 12.9 Å². The summed E-state index contributed by atoms with van der Waals surface area (Å²) in [7, 11) is -3.76. The second-order valence-corrected chi connectivity index (χ2v) is 10.9. The van der Waals surface area contributed by atoms with Gasteiger partial charge in [0.2, 0.25) is 0 Å². The van der Waals surface area contributed by atoms with Crippen molar-refractivity contribution in [3.05, 3.63) is 30.0 Å². The Morgan fingerprint density at radius 1 is 1.42 bits per heavy atom. The van der Waals surface area contributed by atoms with Crippen LogP contribution in [0, 0.1) is 35.0 Å². The van der Waals surface area contributed by atoms with Crippen LogP contribution >= 0.6 is 0 Å². The monoisotopic (exact) mass is 443 g/mol. The Morgan fingerprint density at radius 2 is 2.16 bits per heavy atom. The van der Waals surface area contributed by atoms with E-state index in [0.29, 0.717) is 5.52 Å². The topological polar surface area (TPSA) is 122 Å². The van der Waals surface area contributed by atoms with Crippen LogP contribution in [0.5, 0.6) is 0 Å². The van der Waals surface area contributed by atoms with Gasteiger partial charge in [0, 0.05) is 47.9 Å². The van der Waals surface area contributed by atoms with E-state index in [2.05, 4.69) is 28.8 Å². The first-order valence-corrected chi connectivity index (χ1v) is 11.7. The predicted octanol–water partition coefficient (Wildman–Crippen LogP) is 1.11. The molecule has 3 N–H and O–H groups in total. The highest BCUT2D eigenvalue weighted by atomic mass is 32.2. The van der Waals surface area contributed by atoms with Crippen LogP contribution in [0.15, 0.2) is 24.4 Å². The average molecular weight is 444 g/mol. The highest BCUT2D eigenvalue weighted by Crippen LogP contribution is 2.51. The van der Waals surface area contributed by atoms with E-state index in [1.165, 1.54) is 12.4 Å². The van der Waals surface area contributed by atoms with Crippen LogP contribution in [0.1, 0.15) is 32.3 Å². The van der Waals surface area contributed by atoms with Crippen molar-refractivity contribution in [1.82, 2.24) is 15.3 Å². The molecule has 8 nitrogen and oxygen atoms in total. The summed E-state index contributed by atoms with van der Waals surface area (Å²) in [4.78, 5) is 11.9. The number of hydroxylamine groups is 1. The Labute approximate surface area is 181 Å². The minimum absolute atomic E-state index is 0.0532. The lowest BCUT2D eigenvalue weighted by Gasteiger charge is -2.24. The van der Waals surface area contributed by atoms with Gasteiger partial charge in [-0.25, -0.2) is 13.9 Å². The fourth-order valence-electron chi connectivity index (χ4n) is 3.22. The summed E-state index contributed by atoms with van der Waals surface area (Å²) in [5, 5.41) is 23.4. The Balaban J connectivity index is 1.72. The van der Waals surface area contributed by atoms with E-state index in [-0.39, 0.29) is 30.9 Å². The molecule has 0 bridgehead atoms. The smallest absolute Gasteiger partial charge is 0.264 e. The third-order valence-electron chi connectivity index (χ3n) is 6.00. The molecule has 1 saturated carbocycles. The number of sulfone groups is 1. The van der Waals surface area contributed by atoms with E-state index in [1.54, 1.807) is 10.9 Å². The van der Waals surface area contributed by atoms with E-state index < -0.39 is 20.5 Å². The van der Waals surface area contributed by atoms with Crippen LogP contribution in [0.4, 0.5) is 0 Å². The van der Waals surface area contributed by atoms with Gasteiger partial charge in [-0.05, 0) is 49.8 Å². The molecule has 1 heterocycles. The molecular weight excluding hydrogens is 418 g/mol. The first kappa shape index (κ1) is 22.8. The number of aliphatic hydroxyl groups is 1. The molecule has 0 radical (unpaired) electrons. The van der Waals surface area contributed by atoms with E-state index in [1.807, 2.05) is 25.1 Å². The van der Waals surface area contributed by atoms with Gasteiger partial charge < -0.3 is 5.11 Å². The second-order valence-electron chi connectivity index (χ2n) is 8.45. The van der Waals surface area contributed by atoms with Crippen molar-refractivity contribution in [1.29, 1.82) is 0 Å². The van der Waals surface area contributed by atoms with Crippen LogP contribution < -0.4 is 5.48 Å². The molecule has 1 aromatic heterocycles. The predicted molar refractivity (Wildman–Crippen MR) is 115 cm³/mol. The quantitative estimate of drug-likeness (QED) is 0.349. The maximum atomic E-state index is 12.1. The van der Waals surface area contributed by atoms with Gasteiger partial charge in [0.25, 0.3) is 5.91 Å². The number of hydrogen-bond donors (Lipinski definition) is 3. The normalized spacial score (nSPS) is 21.9. The van der Waals surface area contributed by atoms with Crippen molar-refractivity contribution in [2.24, 2.45) is 11.3 Å². The van der Waals surface area contributed by atoms with Gasteiger partial charge in [-0.1, -0.05) is 18.8 Å². The highest BCUT2D eigenvalue weighted by molar-refractivity contribution is 7.92. The Hall–Kier alpha value is -2.85. The number of nitrogens with one attached hydrogen (secondary N) is 1. The van der Waals surface area contributed by atoms with Crippen LogP contribution in [-0.4, -0.2) is 52.0 Å². The van der Waals surface area contributed by atoms with Crippen molar-refractivity contribution < 1.29 is 23.5 Å². The molecule has 0 aliphatic heterocycles. The van der Waals surface area contributed by atoms with Crippen molar-refractivity contribution in [3.63, 3.8) is 0 Å². The summed E-state index contributed by atoms with van der Waals surface area (Å²) >= 11 is 0. The van der Waals surface area contributed by atoms with E-state index in [4.69, 9.17) is 5.21 Å². The summed E-state index contributed by atoms with van der Waals surface area (Å²) in [6.45, 7) is 3.58. The summed E-state index contributed by atoms with van der Waals surface area (Å²) < 4.78 is 23.9. The molecule has 1 aromatic carbocycles. The van der Waals surface area contributed by atoms with Gasteiger partial charge in [-0.3, -0.25) is 14.7 Å². The first-order valence-electron chi connectivity index (χ1n) is 9.76. The largest absolute Gasteiger partial charge is 0.396 e. The Bertz CT molecular complexity index is 1240.